The average molecular weight is 292 g/mol. The van der Waals surface area contributed by atoms with Gasteiger partial charge in [0.1, 0.15) is 0 Å². The minimum atomic E-state index is 0.800. The second-order valence-corrected chi connectivity index (χ2v) is 3.88. The molecule has 3 nitrogen and oxygen atoms in total. The summed E-state index contributed by atoms with van der Waals surface area (Å²) in [6, 6.07) is 0. The molecule has 1 rings (SSSR count). The predicted molar refractivity (Wildman–Crippen MR) is 63.2 cm³/mol. The van der Waals surface area contributed by atoms with Gasteiger partial charge in [0.15, 0.2) is 0 Å². The van der Waals surface area contributed by atoms with E-state index in [1.807, 2.05) is 6.34 Å². The Bertz CT molecular complexity index is 220. The summed E-state index contributed by atoms with van der Waals surface area (Å²) in [5, 5.41) is 0. The second-order valence-electron chi connectivity index (χ2n) is 2.63. The highest BCUT2D eigenvalue weighted by Crippen LogP contribution is 2.05. The van der Waals surface area contributed by atoms with Crippen LogP contribution >= 0.6 is 22.6 Å². The van der Waals surface area contributed by atoms with E-state index in [0.29, 0.717) is 0 Å². The van der Waals surface area contributed by atoms with E-state index >= 15 is 0 Å². The zero-order chi connectivity index (χ0) is 9.52. The molecule has 1 heterocycles. The lowest BCUT2D eigenvalue weighted by Gasteiger charge is -2.23. The first-order valence-electron chi connectivity index (χ1n) is 4.16. The molecule has 0 atom stereocenters. The lowest BCUT2D eigenvalue weighted by atomic mass is 10.5. The third kappa shape index (κ3) is 4.42. The molecule has 0 amide bonds. The molecule has 0 unspecified atom stereocenters. The number of morpholine rings is 1. The van der Waals surface area contributed by atoms with Crippen LogP contribution in [0.15, 0.2) is 27.4 Å². The zero-order valence-corrected chi connectivity index (χ0v) is 9.61. The Hall–Kier alpha value is -0.360. The van der Waals surface area contributed by atoms with Crippen molar-refractivity contribution >= 4 is 28.9 Å². The molecule has 0 spiro atoms. The topological polar surface area (TPSA) is 24.8 Å². The number of allylic oxidation sites excluding steroid dienone is 2. The zero-order valence-electron chi connectivity index (χ0n) is 7.45. The maximum atomic E-state index is 5.21. The van der Waals surface area contributed by atoms with Gasteiger partial charge in [0.2, 0.25) is 0 Å². The maximum absolute atomic E-state index is 5.21. The Labute approximate surface area is 92.3 Å². The van der Waals surface area contributed by atoms with Crippen molar-refractivity contribution in [1.29, 1.82) is 0 Å². The van der Waals surface area contributed by atoms with Crippen molar-refractivity contribution in [2.24, 2.45) is 4.99 Å². The Balaban J connectivity index is 2.33. The van der Waals surface area contributed by atoms with Crippen molar-refractivity contribution < 1.29 is 4.74 Å². The van der Waals surface area contributed by atoms with Gasteiger partial charge in [-0.05, 0) is 22.6 Å². The summed E-state index contributed by atoms with van der Waals surface area (Å²) in [6.07, 6.45) is 5.42. The van der Waals surface area contributed by atoms with E-state index in [1.54, 1.807) is 12.3 Å². The molecule has 0 aromatic carbocycles. The van der Waals surface area contributed by atoms with Gasteiger partial charge in [0.25, 0.3) is 0 Å². The Morgan fingerprint density at radius 2 is 2.15 bits per heavy atom. The molecule has 0 aromatic rings. The van der Waals surface area contributed by atoms with Gasteiger partial charge in [0.05, 0.1) is 19.6 Å². The molecular weight excluding hydrogens is 279 g/mol. The van der Waals surface area contributed by atoms with Crippen molar-refractivity contribution in [3.8, 4) is 0 Å². The lowest BCUT2D eigenvalue weighted by Crippen LogP contribution is -2.34. The Morgan fingerprint density at radius 3 is 2.77 bits per heavy atom. The number of halogens is 1. The van der Waals surface area contributed by atoms with Gasteiger partial charge in [-0.2, -0.15) is 0 Å². The molecule has 0 bridgehead atoms. The first-order valence-corrected chi connectivity index (χ1v) is 5.24. The molecule has 0 radical (unpaired) electrons. The fourth-order valence-corrected chi connectivity index (χ4v) is 1.11. The van der Waals surface area contributed by atoms with E-state index in [9.17, 15) is 0 Å². The summed E-state index contributed by atoms with van der Waals surface area (Å²) >= 11 is 2.19. The average Bonchev–Trinajstić information content (AvgIpc) is 2.19. The van der Waals surface area contributed by atoms with E-state index < -0.39 is 0 Å². The van der Waals surface area contributed by atoms with Crippen LogP contribution in [0.2, 0.25) is 0 Å². The number of nitrogens with zero attached hydrogens (tertiary/aromatic N) is 2. The molecular formula is C9H13IN2O. The molecule has 72 valence electrons. The summed E-state index contributed by atoms with van der Waals surface area (Å²) in [7, 11) is 0. The highest BCUT2D eigenvalue weighted by molar-refractivity contribution is 14.1. The number of ether oxygens (including phenoxy) is 1. The van der Waals surface area contributed by atoms with Crippen LogP contribution in [0.5, 0.6) is 0 Å². The van der Waals surface area contributed by atoms with Gasteiger partial charge in [0, 0.05) is 22.9 Å². The van der Waals surface area contributed by atoms with Crippen LogP contribution in [0.4, 0.5) is 0 Å². The van der Waals surface area contributed by atoms with Gasteiger partial charge >= 0.3 is 0 Å². The van der Waals surface area contributed by atoms with E-state index in [0.717, 1.165) is 29.9 Å². The Morgan fingerprint density at radius 1 is 1.46 bits per heavy atom. The normalized spacial score (nSPS) is 19.5. The van der Waals surface area contributed by atoms with E-state index in [-0.39, 0.29) is 0 Å². The van der Waals surface area contributed by atoms with Gasteiger partial charge in [-0.25, -0.2) is 4.99 Å². The van der Waals surface area contributed by atoms with Crippen molar-refractivity contribution in [3.05, 3.63) is 22.4 Å². The van der Waals surface area contributed by atoms with Crippen LogP contribution in [0, 0.1) is 0 Å². The van der Waals surface area contributed by atoms with E-state index in [1.165, 1.54) is 0 Å². The third-order valence-electron chi connectivity index (χ3n) is 1.67. The van der Waals surface area contributed by atoms with Crippen molar-refractivity contribution in [1.82, 2.24) is 4.90 Å². The van der Waals surface area contributed by atoms with Crippen LogP contribution in [0.25, 0.3) is 0 Å². The monoisotopic (exact) mass is 292 g/mol. The second kappa shape index (κ2) is 6.15. The molecule has 1 saturated heterocycles. The van der Waals surface area contributed by atoms with Crippen LogP contribution < -0.4 is 0 Å². The first kappa shape index (κ1) is 10.7. The summed E-state index contributed by atoms with van der Waals surface area (Å²) < 4.78 is 6.26. The third-order valence-corrected chi connectivity index (χ3v) is 2.39. The molecule has 1 fully saturated rings. The van der Waals surface area contributed by atoms with Crippen molar-refractivity contribution in [3.63, 3.8) is 0 Å². The molecule has 13 heavy (non-hydrogen) atoms. The molecule has 0 aromatic heterocycles. The summed E-state index contributed by atoms with van der Waals surface area (Å²) in [4.78, 5) is 6.32. The van der Waals surface area contributed by atoms with Gasteiger partial charge in [-0.15, -0.1) is 0 Å². The molecule has 0 aliphatic carbocycles. The Kier molecular flexibility index (Phi) is 5.07. The lowest BCUT2D eigenvalue weighted by molar-refractivity contribution is 0.0701. The fraction of sp³-hybridized carbons (Fsp3) is 0.444. The molecule has 0 saturated carbocycles. The molecule has 0 N–H and O–H groups in total. The largest absolute Gasteiger partial charge is 0.378 e. The smallest absolute Gasteiger partial charge is 0.0906 e. The standard InChI is InChI=1S/C9H13IN2O/c1-2-9(10)7-11-8-12-3-5-13-6-4-12/h2,7-8H,1,3-6H2/b9-7+,11-8?. The van der Waals surface area contributed by atoms with Crippen LogP contribution in [-0.2, 0) is 4.74 Å². The fourth-order valence-electron chi connectivity index (χ4n) is 0.944. The van der Waals surface area contributed by atoms with Crippen molar-refractivity contribution in [2.45, 2.75) is 0 Å². The van der Waals surface area contributed by atoms with Gasteiger partial charge in [-0.3, -0.25) is 0 Å². The number of aliphatic imine (C=N–C) groups is 1. The highest BCUT2D eigenvalue weighted by Gasteiger charge is 2.04. The van der Waals surface area contributed by atoms with E-state index in [2.05, 4.69) is 39.1 Å². The number of rotatable bonds is 3. The maximum Gasteiger partial charge on any atom is 0.0906 e. The predicted octanol–water partition coefficient (Wildman–Crippen LogP) is 1.81. The van der Waals surface area contributed by atoms with Gasteiger partial charge < -0.3 is 9.64 Å². The summed E-state index contributed by atoms with van der Waals surface area (Å²) in [5.41, 5.74) is 0. The van der Waals surface area contributed by atoms with Crippen LogP contribution in [0.1, 0.15) is 0 Å². The van der Waals surface area contributed by atoms with Gasteiger partial charge in [-0.1, -0.05) is 12.7 Å². The summed E-state index contributed by atoms with van der Waals surface area (Å²) in [6.45, 7) is 7.11. The summed E-state index contributed by atoms with van der Waals surface area (Å²) in [5.74, 6) is 0. The van der Waals surface area contributed by atoms with Crippen LogP contribution in [-0.4, -0.2) is 37.5 Å². The molecule has 4 heteroatoms. The van der Waals surface area contributed by atoms with Crippen LogP contribution in [0.3, 0.4) is 0 Å². The molecule has 1 aliphatic heterocycles. The number of hydrogen-bond donors (Lipinski definition) is 0. The first-order chi connectivity index (χ1) is 6.33. The van der Waals surface area contributed by atoms with Crippen molar-refractivity contribution in [2.75, 3.05) is 26.3 Å². The number of hydrogen-bond acceptors (Lipinski definition) is 2. The SMILES string of the molecule is C=C/C(I)=C\N=CN1CCOCC1. The minimum Gasteiger partial charge on any atom is -0.378 e. The quantitative estimate of drug-likeness (QED) is 0.343. The van der Waals surface area contributed by atoms with E-state index in [4.69, 9.17) is 4.74 Å². The highest BCUT2D eigenvalue weighted by atomic mass is 127. The molecule has 1 aliphatic rings. The minimum absolute atomic E-state index is 0.800.